The number of aromatic nitrogens is 1. The van der Waals surface area contributed by atoms with E-state index in [0.717, 1.165) is 12.0 Å². The maximum Gasteiger partial charge on any atom is 0.0622 e. The molecule has 1 aromatic heterocycles. The van der Waals surface area contributed by atoms with Crippen LogP contribution in [0, 0.1) is 11.8 Å². The Morgan fingerprint density at radius 2 is 2.14 bits per heavy atom. The number of benzene rings is 1. The van der Waals surface area contributed by atoms with Gasteiger partial charge < -0.3 is 5.11 Å². The van der Waals surface area contributed by atoms with Crippen LogP contribution in [-0.4, -0.2) is 16.2 Å². The highest BCUT2D eigenvalue weighted by molar-refractivity contribution is 6.31. The maximum absolute atomic E-state index is 10.6. The largest absolute Gasteiger partial charge is 0.392 e. The van der Waals surface area contributed by atoms with Gasteiger partial charge in [0.1, 0.15) is 0 Å². The van der Waals surface area contributed by atoms with Crippen molar-refractivity contribution in [3.8, 4) is 0 Å². The number of fused-ring (bicyclic) bond motifs is 3. The zero-order valence-corrected chi connectivity index (χ0v) is 12.5. The summed E-state index contributed by atoms with van der Waals surface area (Å²) in [5.74, 6) is 1.58. The molecule has 4 rings (SSSR count). The van der Waals surface area contributed by atoms with Crippen molar-refractivity contribution in [1.29, 1.82) is 0 Å². The van der Waals surface area contributed by atoms with Crippen LogP contribution in [0.3, 0.4) is 0 Å². The lowest BCUT2D eigenvalue weighted by atomic mass is 9.92. The van der Waals surface area contributed by atoms with Crippen LogP contribution in [-0.2, 0) is 12.8 Å². The zero-order chi connectivity index (χ0) is 14.4. The molecule has 4 atom stereocenters. The van der Waals surface area contributed by atoms with Crippen molar-refractivity contribution in [2.75, 3.05) is 0 Å². The lowest BCUT2D eigenvalue weighted by molar-refractivity contribution is 0.143. The highest BCUT2D eigenvalue weighted by Crippen LogP contribution is 2.61. The van der Waals surface area contributed by atoms with E-state index in [0.29, 0.717) is 29.2 Å². The highest BCUT2D eigenvalue weighted by atomic mass is 35.5. The molecule has 0 amide bonds. The third-order valence-electron chi connectivity index (χ3n) is 5.12. The van der Waals surface area contributed by atoms with Gasteiger partial charge in [-0.05, 0) is 53.4 Å². The molecule has 1 heterocycles. The average molecular weight is 300 g/mol. The molecule has 0 bridgehead atoms. The number of hydrogen-bond donors (Lipinski definition) is 1. The second kappa shape index (κ2) is 5.11. The molecule has 2 nitrogen and oxygen atoms in total. The van der Waals surface area contributed by atoms with E-state index < -0.39 is 0 Å². The Morgan fingerprint density at radius 3 is 3.00 bits per heavy atom. The fraction of sp³-hybridized carbons (Fsp3) is 0.389. The van der Waals surface area contributed by atoms with Crippen molar-refractivity contribution in [3.63, 3.8) is 0 Å². The van der Waals surface area contributed by atoms with E-state index in [1.807, 2.05) is 6.07 Å². The summed E-state index contributed by atoms with van der Waals surface area (Å²) in [5, 5.41) is 11.3. The van der Waals surface area contributed by atoms with E-state index in [1.54, 1.807) is 12.4 Å². The minimum Gasteiger partial charge on any atom is -0.392 e. The smallest absolute Gasteiger partial charge is 0.0622 e. The number of rotatable bonds is 3. The summed E-state index contributed by atoms with van der Waals surface area (Å²) in [6.45, 7) is 0. The third kappa shape index (κ3) is 2.27. The maximum atomic E-state index is 10.6. The van der Waals surface area contributed by atoms with Gasteiger partial charge in [0.25, 0.3) is 0 Å². The summed E-state index contributed by atoms with van der Waals surface area (Å²) in [7, 11) is 0. The quantitative estimate of drug-likeness (QED) is 0.939. The monoisotopic (exact) mass is 299 g/mol. The molecule has 1 aromatic carbocycles. The first-order valence-electron chi connectivity index (χ1n) is 7.60. The lowest BCUT2D eigenvalue weighted by Crippen LogP contribution is -2.15. The van der Waals surface area contributed by atoms with Crippen LogP contribution in [0.4, 0.5) is 0 Å². The normalized spacial score (nSPS) is 27.6. The molecular formula is C18H18ClNO. The molecular weight excluding hydrogens is 282 g/mol. The van der Waals surface area contributed by atoms with Crippen molar-refractivity contribution in [2.24, 2.45) is 11.8 Å². The van der Waals surface area contributed by atoms with Crippen molar-refractivity contribution < 1.29 is 5.11 Å². The predicted molar refractivity (Wildman–Crippen MR) is 83.4 cm³/mol. The molecule has 2 aromatic rings. The van der Waals surface area contributed by atoms with Gasteiger partial charge in [0.15, 0.2) is 0 Å². The van der Waals surface area contributed by atoms with Gasteiger partial charge in [-0.1, -0.05) is 35.9 Å². The number of pyridine rings is 1. The van der Waals surface area contributed by atoms with Crippen LogP contribution >= 0.6 is 11.6 Å². The Hall–Kier alpha value is -1.38. The van der Waals surface area contributed by atoms with Crippen molar-refractivity contribution >= 4 is 11.6 Å². The molecule has 4 unspecified atom stereocenters. The number of aliphatic hydroxyl groups is 1. The average Bonchev–Trinajstić information content (AvgIpc) is 3.24. The second-order valence-electron chi connectivity index (χ2n) is 6.24. The Kier molecular flexibility index (Phi) is 3.24. The Morgan fingerprint density at radius 1 is 1.29 bits per heavy atom. The summed E-state index contributed by atoms with van der Waals surface area (Å²) in [4.78, 5) is 4.00. The summed E-state index contributed by atoms with van der Waals surface area (Å²) in [6, 6.07) is 10.6. The minimum atomic E-state index is -0.314. The Bertz CT molecular complexity index is 672. The topological polar surface area (TPSA) is 33.1 Å². The van der Waals surface area contributed by atoms with Gasteiger partial charge >= 0.3 is 0 Å². The predicted octanol–water partition coefficient (Wildman–Crippen LogP) is 3.61. The van der Waals surface area contributed by atoms with E-state index >= 15 is 0 Å². The van der Waals surface area contributed by atoms with Crippen LogP contribution in [0.5, 0.6) is 0 Å². The van der Waals surface area contributed by atoms with Crippen LogP contribution in [0.25, 0.3) is 0 Å². The fourth-order valence-corrected chi connectivity index (χ4v) is 4.27. The van der Waals surface area contributed by atoms with Gasteiger partial charge in [-0.2, -0.15) is 0 Å². The highest BCUT2D eigenvalue weighted by Gasteiger charge is 2.55. The first-order valence-corrected chi connectivity index (χ1v) is 7.98. The van der Waals surface area contributed by atoms with E-state index in [1.165, 1.54) is 17.5 Å². The summed E-state index contributed by atoms with van der Waals surface area (Å²) < 4.78 is 0. The van der Waals surface area contributed by atoms with Crippen molar-refractivity contribution in [1.82, 2.24) is 4.98 Å². The van der Waals surface area contributed by atoms with Gasteiger partial charge in [0, 0.05) is 18.8 Å². The molecule has 2 aliphatic carbocycles. The standard InChI is InChI=1S/C18H18ClNO/c19-15-10-20-8-7-12(15)9-16(21)18-14-6-5-11-3-1-2-4-13(11)17(14)18/h1-4,7-8,10,14,16-18,21H,5-6,9H2. The second-order valence-corrected chi connectivity index (χ2v) is 6.65. The summed E-state index contributed by atoms with van der Waals surface area (Å²) in [6.07, 6.45) is 6.05. The molecule has 3 heteroatoms. The van der Waals surface area contributed by atoms with Crippen LogP contribution in [0.1, 0.15) is 29.0 Å². The van der Waals surface area contributed by atoms with Gasteiger partial charge in [0.05, 0.1) is 11.1 Å². The minimum absolute atomic E-state index is 0.314. The van der Waals surface area contributed by atoms with Gasteiger partial charge in [-0.15, -0.1) is 0 Å². The number of aliphatic hydroxyl groups excluding tert-OH is 1. The zero-order valence-electron chi connectivity index (χ0n) is 11.7. The number of hydrogen-bond acceptors (Lipinski definition) is 2. The number of nitrogens with zero attached hydrogens (tertiary/aromatic N) is 1. The van der Waals surface area contributed by atoms with E-state index in [-0.39, 0.29) is 6.10 Å². The third-order valence-corrected chi connectivity index (χ3v) is 5.46. The van der Waals surface area contributed by atoms with Crippen LogP contribution in [0.2, 0.25) is 5.02 Å². The van der Waals surface area contributed by atoms with E-state index in [2.05, 4.69) is 29.2 Å². The molecule has 1 saturated carbocycles. The van der Waals surface area contributed by atoms with Crippen molar-refractivity contribution in [2.45, 2.75) is 31.3 Å². The molecule has 2 aliphatic rings. The summed E-state index contributed by atoms with van der Waals surface area (Å²) in [5.41, 5.74) is 3.92. The lowest BCUT2D eigenvalue weighted by Gasteiger charge is -2.13. The molecule has 21 heavy (non-hydrogen) atoms. The molecule has 0 spiro atoms. The number of aryl methyl sites for hydroxylation is 1. The molecule has 108 valence electrons. The molecule has 1 N–H and O–H groups in total. The van der Waals surface area contributed by atoms with Gasteiger partial charge in [0.2, 0.25) is 0 Å². The molecule has 0 saturated heterocycles. The van der Waals surface area contributed by atoms with E-state index in [9.17, 15) is 5.11 Å². The SMILES string of the molecule is OC(Cc1ccncc1Cl)C1C2CCc3ccccc3C21. The molecule has 0 radical (unpaired) electrons. The Labute approximate surface area is 129 Å². The molecule has 0 aliphatic heterocycles. The Balaban J connectivity index is 1.53. The fourth-order valence-electron chi connectivity index (χ4n) is 4.08. The first-order chi connectivity index (χ1) is 10.3. The first kappa shape index (κ1) is 13.3. The molecule has 1 fully saturated rings. The van der Waals surface area contributed by atoms with Crippen LogP contribution < -0.4 is 0 Å². The van der Waals surface area contributed by atoms with E-state index in [4.69, 9.17) is 11.6 Å². The van der Waals surface area contributed by atoms with Crippen molar-refractivity contribution in [3.05, 3.63) is 64.4 Å². The van der Waals surface area contributed by atoms with Gasteiger partial charge in [-0.25, -0.2) is 0 Å². The van der Waals surface area contributed by atoms with Crippen LogP contribution in [0.15, 0.2) is 42.7 Å². The summed E-state index contributed by atoms with van der Waals surface area (Å²) >= 11 is 6.15. The van der Waals surface area contributed by atoms with Gasteiger partial charge in [-0.3, -0.25) is 4.98 Å². The number of halogens is 1.